The van der Waals surface area contributed by atoms with Crippen LogP contribution in [0.15, 0.2) is 121 Å². The van der Waals surface area contributed by atoms with Crippen molar-refractivity contribution in [3.05, 3.63) is 132 Å². The number of fused-ring (bicyclic) bond motifs is 1. The minimum atomic E-state index is 0.248. The summed E-state index contributed by atoms with van der Waals surface area (Å²) in [7, 11) is 0. The molecule has 0 aliphatic heterocycles. The summed E-state index contributed by atoms with van der Waals surface area (Å²) in [5, 5.41) is 9.62. The highest BCUT2D eigenvalue weighted by molar-refractivity contribution is 7.00. The van der Waals surface area contributed by atoms with E-state index < -0.39 is 0 Å². The molecule has 0 atom stereocenters. The normalized spacial score (nSPS) is 11.2. The summed E-state index contributed by atoms with van der Waals surface area (Å²) in [6.45, 7) is 0. The Morgan fingerprint density at radius 3 is 1.81 bits per heavy atom. The van der Waals surface area contributed by atoms with Gasteiger partial charge >= 0.3 is 0 Å². The number of phenols is 1. The monoisotopic (exact) mass is 497 g/mol. The van der Waals surface area contributed by atoms with Crippen LogP contribution in [0.25, 0.3) is 34.3 Å². The minimum Gasteiger partial charge on any atom is -0.508 e. The van der Waals surface area contributed by atoms with Crippen LogP contribution in [0.1, 0.15) is 11.1 Å². The molecular formula is C32H23N3OS. The van der Waals surface area contributed by atoms with Crippen LogP contribution in [0.5, 0.6) is 5.75 Å². The molecule has 37 heavy (non-hydrogen) atoms. The van der Waals surface area contributed by atoms with Gasteiger partial charge in [0.15, 0.2) is 0 Å². The van der Waals surface area contributed by atoms with Gasteiger partial charge in [-0.1, -0.05) is 84.9 Å². The van der Waals surface area contributed by atoms with Gasteiger partial charge in [0, 0.05) is 28.2 Å². The zero-order valence-electron chi connectivity index (χ0n) is 19.9. The third-order valence-electron chi connectivity index (χ3n) is 6.26. The maximum atomic E-state index is 9.62. The van der Waals surface area contributed by atoms with E-state index in [0.717, 1.165) is 50.3 Å². The molecule has 5 aromatic carbocycles. The van der Waals surface area contributed by atoms with Crippen LogP contribution in [-0.4, -0.2) is 13.9 Å². The van der Waals surface area contributed by atoms with Crippen molar-refractivity contribution >= 4 is 52.0 Å². The predicted molar refractivity (Wildman–Crippen MR) is 155 cm³/mol. The molecule has 0 radical (unpaired) electrons. The molecule has 178 valence electrons. The second-order valence-corrected chi connectivity index (χ2v) is 9.17. The fourth-order valence-electron chi connectivity index (χ4n) is 4.42. The molecule has 5 heteroatoms. The van der Waals surface area contributed by atoms with E-state index in [9.17, 15) is 5.11 Å². The third-order valence-corrected chi connectivity index (χ3v) is 6.79. The first-order valence-electron chi connectivity index (χ1n) is 12.0. The van der Waals surface area contributed by atoms with Crippen molar-refractivity contribution in [2.75, 3.05) is 4.90 Å². The highest BCUT2D eigenvalue weighted by Crippen LogP contribution is 2.35. The zero-order chi connectivity index (χ0) is 25.0. The standard InChI is InChI=1S/C32H23N3OS/c36-29-20-15-24(16-21-29)30-22-17-25(31-32(30)34-37-33-31)14-11-23-12-18-28(19-13-23)35(26-7-3-1-4-8-26)27-9-5-2-6-10-27/h1-22,36H/b14-11+. The highest BCUT2D eigenvalue weighted by atomic mass is 32.1. The molecule has 6 aromatic rings. The van der Waals surface area contributed by atoms with Gasteiger partial charge in [-0.3, -0.25) is 0 Å². The molecule has 0 bridgehead atoms. The number of hydrogen-bond donors (Lipinski definition) is 1. The van der Waals surface area contributed by atoms with Gasteiger partial charge in [-0.15, -0.1) is 0 Å². The zero-order valence-corrected chi connectivity index (χ0v) is 20.7. The number of hydrogen-bond acceptors (Lipinski definition) is 5. The van der Waals surface area contributed by atoms with E-state index in [1.165, 1.54) is 11.7 Å². The fraction of sp³-hybridized carbons (Fsp3) is 0. The first kappa shape index (κ1) is 22.7. The highest BCUT2D eigenvalue weighted by Gasteiger charge is 2.12. The number of aromatic hydroxyl groups is 1. The van der Waals surface area contributed by atoms with Crippen molar-refractivity contribution in [3.8, 4) is 16.9 Å². The van der Waals surface area contributed by atoms with Gasteiger partial charge in [0.1, 0.15) is 16.8 Å². The van der Waals surface area contributed by atoms with Gasteiger partial charge in [0.05, 0.1) is 11.7 Å². The van der Waals surface area contributed by atoms with Crippen LogP contribution in [0.3, 0.4) is 0 Å². The van der Waals surface area contributed by atoms with Gasteiger partial charge < -0.3 is 10.0 Å². The Hall–Kier alpha value is -4.74. The van der Waals surface area contributed by atoms with E-state index >= 15 is 0 Å². The lowest BCUT2D eigenvalue weighted by molar-refractivity contribution is 0.475. The van der Waals surface area contributed by atoms with Crippen LogP contribution in [-0.2, 0) is 0 Å². The summed E-state index contributed by atoms with van der Waals surface area (Å²) in [5.41, 5.74) is 9.20. The van der Waals surface area contributed by atoms with Gasteiger partial charge in [0.2, 0.25) is 0 Å². The van der Waals surface area contributed by atoms with Crippen molar-refractivity contribution in [1.29, 1.82) is 0 Å². The summed E-state index contributed by atoms with van der Waals surface area (Å²) in [6.07, 6.45) is 4.19. The van der Waals surface area contributed by atoms with Crippen LogP contribution >= 0.6 is 11.7 Å². The molecule has 1 N–H and O–H groups in total. The molecule has 1 heterocycles. The SMILES string of the molecule is Oc1ccc(-c2ccc(/C=C/c3ccc(N(c4ccccc4)c4ccccc4)cc3)c3nsnc23)cc1. The number of benzene rings is 5. The summed E-state index contributed by atoms with van der Waals surface area (Å²) < 4.78 is 9.11. The average Bonchev–Trinajstić information content (AvgIpc) is 3.45. The van der Waals surface area contributed by atoms with E-state index in [-0.39, 0.29) is 5.75 Å². The quantitative estimate of drug-likeness (QED) is 0.234. The van der Waals surface area contributed by atoms with Gasteiger partial charge in [0.25, 0.3) is 0 Å². The number of nitrogens with zero attached hydrogens (tertiary/aromatic N) is 3. The van der Waals surface area contributed by atoms with Gasteiger partial charge in [-0.2, -0.15) is 8.75 Å². The second-order valence-electron chi connectivity index (χ2n) is 8.64. The molecule has 6 rings (SSSR count). The molecule has 0 aliphatic carbocycles. The minimum absolute atomic E-state index is 0.248. The first-order valence-corrected chi connectivity index (χ1v) is 12.7. The molecule has 0 saturated heterocycles. The molecule has 0 unspecified atom stereocenters. The number of para-hydroxylation sites is 2. The third kappa shape index (κ3) is 4.73. The molecule has 1 aromatic heterocycles. The molecule has 4 nitrogen and oxygen atoms in total. The second kappa shape index (κ2) is 10.1. The Balaban J connectivity index is 1.29. The van der Waals surface area contributed by atoms with Gasteiger partial charge in [-0.05, 0) is 59.7 Å². The molecule has 0 spiro atoms. The number of aromatic nitrogens is 2. The van der Waals surface area contributed by atoms with E-state index in [4.69, 9.17) is 0 Å². The van der Waals surface area contributed by atoms with E-state index in [1.807, 2.05) is 24.3 Å². The molecular weight excluding hydrogens is 474 g/mol. The molecule has 0 fully saturated rings. The maximum absolute atomic E-state index is 9.62. The van der Waals surface area contributed by atoms with Crippen molar-refractivity contribution in [2.45, 2.75) is 0 Å². The topological polar surface area (TPSA) is 49.2 Å². The van der Waals surface area contributed by atoms with Crippen LogP contribution < -0.4 is 4.90 Å². The lowest BCUT2D eigenvalue weighted by Gasteiger charge is -2.25. The van der Waals surface area contributed by atoms with Crippen molar-refractivity contribution < 1.29 is 5.11 Å². The summed E-state index contributed by atoms with van der Waals surface area (Å²) in [5.74, 6) is 0.248. The lowest BCUT2D eigenvalue weighted by atomic mass is 10.0. The largest absolute Gasteiger partial charge is 0.508 e. The maximum Gasteiger partial charge on any atom is 0.115 e. The van der Waals surface area contributed by atoms with Crippen LogP contribution in [0.4, 0.5) is 17.1 Å². The Kier molecular flexibility index (Phi) is 6.19. The number of phenolic OH excluding ortho intramolecular Hbond substituents is 1. The lowest BCUT2D eigenvalue weighted by Crippen LogP contribution is -2.09. The molecule has 0 saturated carbocycles. The average molecular weight is 498 g/mol. The predicted octanol–water partition coefficient (Wildman–Crippen LogP) is 8.70. The molecule has 0 amide bonds. The van der Waals surface area contributed by atoms with Crippen molar-refractivity contribution in [1.82, 2.24) is 8.75 Å². The number of rotatable bonds is 6. The Morgan fingerprint density at radius 1 is 0.568 bits per heavy atom. The number of anilines is 3. The summed E-state index contributed by atoms with van der Waals surface area (Å²) in [4.78, 5) is 2.25. The molecule has 0 aliphatic rings. The van der Waals surface area contributed by atoms with Crippen LogP contribution in [0, 0.1) is 0 Å². The van der Waals surface area contributed by atoms with Crippen molar-refractivity contribution in [2.24, 2.45) is 0 Å². The first-order chi connectivity index (χ1) is 18.3. The van der Waals surface area contributed by atoms with Crippen molar-refractivity contribution in [3.63, 3.8) is 0 Å². The Morgan fingerprint density at radius 2 is 1.16 bits per heavy atom. The van der Waals surface area contributed by atoms with Gasteiger partial charge in [-0.25, -0.2) is 0 Å². The summed E-state index contributed by atoms with van der Waals surface area (Å²) >= 11 is 1.21. The summed E-state index contributed by atoms with van der Waals surface area (Å²) in [6, 6.07) is 40.7. The Labute approximate surface area is 219 Å². The smallest absolute Gasteiger partial charge is 0.115 e. The van der Waals surface area contributed by atoms with Crippen LogP contribution in [0.2, 0.25) is 0 Å². The van der Waals surface area contributed by atoms with E-state index in [1.54, 1.807) is 12.1 Å². The Bertz CT molecular complexity index is 1620. The fourth-order valence-corrected chi connectivity index (χ4v) is 5.00. The van der Waals surface area contributed by atoms with E-state index in [0.29, 0.717) is 0 Å². The van der Waals surface area contributed by atoms with E-state index in [2.05, 4.69) is 111 Å².